The summed E-state index contributed by atoms with van der Waals surface area (Å²) in [5.74, 6) is -1.01. The van der Waals surface area contributed by atoms with Crippen LogP contribution >= 0.6 is 0 Å². The molecule has 2 N–H and O–H groups in total. The fraction of sp³-hybridized carbons (Fsp3) is 0.462. The van der Waals surface area contributed by atoms with Crippen molar-refractivity contribution in [2.24, 2.45) is 0 Å². The monoisotopic (exact) mass is 269 g/mol. The third-order valence-corrected chi connectivity index (χ3v) is 3.19. The lowest BCUT2D eigenvalue weighted by Gasteiger charge is -2.34. The van der Waals surface area contributed by atoms with Gasteiger partial charge in [0, 0.05) is 6.54 Å². The summed E-state index contributed by atoms with van der Waals surface area (Å²) in [7, 11) is 1.46. The molecule has 1 heterocycles. The Morgan fingerprint density at radius 3 is 2.89 bits per heavy atom. The molecule has 1 aliphatic rings. The van der Waals surface area contributed by atoms with Crippen LogP contribution in [0.25, 0.3) is 0 Å². The minimum absolute atomic E-state index is 0.221. The Bertz CT molecular complexity index is 480. The summed E-state index contributed by atoms with van der Waals surface area (Å²) in [5, 5.41) is 11.8. The van der Waals surface area contributed by atoms with Gasteiger partial charge in [-0.05, 0) is 19.1 Å². The van der Waals surface area contributed by atoms with E-state index in [4.69, 9.17) is 14.6 Å². The van der Waals surface area contributed by atoms with Crippen molar-refractivity contribution in [3.8, 4) is 5.75 Å². The Balaban J connectivity index is 2.23. The van der Waals surface area contributed by atoms with E-state index < -0.39 is 30.0 Å². The largest absolute Gasteiger partial charge is 0.496 e. The number of nitrogens with one attached hydrogen (secondary N) is 1. The first-order valence-electron chi connectivity index (χ1n) is 5.98. The first kappa shape index (κ1) is 13.8. The number of rotatable bonds is 3. The standard InChI is InChI=1S/C13H16FNO4/c1-7-12(13(16)17)15-6-10(19-7)11-8(14)4-3-5-9(11)18-2/h3-5,7,10,12,15H,6H2,1-2H3,(H,16,17). The predicted molar refractivity (Wildman–Crippen MR) is 65.7 cm³/mol. The third kappa shape index (κ3) is 2.69. The highest BCUT2D eigenvalue weighted by molar-refractivity contribution is 5.74. The Morgan fingerprint density at radius 1 is 1.58 bits per heavy atom. The zero-order chi connectivity index (χ0) is 14.0. The zero-order valence-electron chi connectivity index (χ0n) is 10.7. The molecule has 5 nitrogen and oxygen atoms in total. The van der Waals surface area contributed by atoms with Crippen molar-refractivity contribution >= 4 is 5.97 Å². The first-order chi connectivity index (χ1) is 9.04. The topological polar surface area (TPSA) is 67.8 Å². The summed E-state index contributed by atoms with van der Waals surface area (Å²) in [4.78, 5) is 11.0. The number of carboxylic acids is 1. The Morgan fingerprint density at radius 2 is 2.32 bits per heavy atom. The molecule has 0 radical (unpaired) electrons. The van der Waals surface area contributed by atoms with Crippen molar-refractivity contribution < 1.29 is 23.8 Å². The molecule has 0 amide bonds. The second kappa shape index (κ2) is 5.54. The number of halogens is 1. The van der Waals surface area contributed by atoms with E-state index in [1.54, 1.807) is 19.1 Å². The van der Waals surface area contributed by atoms with Crippen LogP contribution in [0.2, 0.25) is 0 Å². The molecule has 1 saturated heterocycles. The molecule has 2 rings (SSSR count). The van der Waals surface area contributed by atoms with E-state index >= 15 is 0 Å². The van der Waals surface area contributed by atoms with Gasteiger partial charge in [-0.3, -0.25) is 10.1 Å². The van der Waals surface area contributed by atoms with Crippen LogP contribution in [0, 0.1) is 5.82 Å². The average Bonchev–Trinajstić information content (AvgIpc) is 2.37. The zero-order valence-corrected chi connectivity index (χ0v) is 10.7. The Labute approximate surface area is 110 Å². The molecule has 0 bridgehead atoms. The van der Waals surface area contributed by atoms with Gasteiger partial charge in [0.15, 0.2) is 0 Å². The lowest BCUT2D eigenvalue weighted by atomic mass is 10.0. The van der Waals surface area contributed by atoms with Gasteiger partial charge in [-0.15, -0.1) is 0 Å². The second-order valence-electron chi connectivity index (χ2n) is 4.41. The van der Waals surface area contributed by atoms with Crippen molar-refractivity contribution in [3.05, 3.63) is 29.6 Å². The van der Waals surface area contributed by atoms with Crippen molar-refractivity contribution in [2.75, 3.05) is 13.7 Å². The van der Waals surface area contributed by atoms with Gasteiger partial charge in [0.1, 0.15) is 23.7 Å². The SMILES string of the molecule is COc1cccc(F)c1C1CNC(C(=O)O)C(C)O1. The molecule has 6 heteroatoms. The van der Waals surface area contributed by atoms with Crippen molar-refractivity contribution in [1.29, 1.82) is 0 Å². The maximum Gasteiger partial charge on any atom is 0.323 e. The predicted octanol–water partition coefficient (Wildman–Crippen LogP) is 1.34. The van der Waals surface area contributed by atoms with E-state index in [-0.39, 0.29) is 6.54 Å². The minimum Gasteiger partial charge on any atom is -0.496 e. The van der Waals surface area contributed by atoms with E-state index in [1.807, 2.05) is 0 Å². The highest BCUT2D eigenvalue weighted by atomic mass is 19.1. The summed E-state index contributed by atoms with van der Waals surface area (Å²) < 4.78 is 24.6. The molecule has 1 fully saturated rings. The van der Waals surface area contributed by atoms with Gasteiger partial charge >= 0.3 is 5.97 Å². The van der Waals surface area contributed by atoms with Gasteiger partial charge in [-0.25, -0.2) is 4.39 Å². The summed E-state index contributed by atoms with van der Waals surface area (Å²) >= 11 is 0. The lowest BCUT2D eigenvalue weighted by molar-refractivity contribution is -0.149. The molecule has 3 atom stereocenters. The maximum atomic E-state index is 13.9. The molecule has 3 unspecified atom stereocenters. The van der Waals surface area contributed by atoms with Gasteiger partial charge in [-0.2, -0.15) is 0 Å². The number of hydrogen-bond donors (Lipinski definition) is 2. The number of hydrogen-bond acceptors (Lipinski definition) is 4. The molecule has 1 aromatic rings. The molecule has 0 aromatic heterocycles. The van der Waals surface area contributed by atoms with Gasteiger partial charge in [0.05, 0.1) is 18.8 Å². The molecule has 0 saturated carbocycles. The first-order valence-corrected chi connectivity index (χ1v) is 5.98. The van der Waals surface area contributed by atoms with Crippen LogP contribution < -0.4 is 10.1 Å². The number of ether oxygens (including phenoxy) is 2. The van der Waals surface area contributed by atoms with Crippen LogP contribution in [0.1, 0.15) is 18.6 Å². The van der Waals surface area contributed by atoms with Crippen LogP contribution in [0.3, 0.4) is 0 Å². The van der Waals surface area contributed by atoms with Crippen LogP contribution in [-0.4, -0.2) is 36.9 Å². The van der Waals surface area contributed by atoms with Gasteiger partial charge < -0.3 is 14.6 Å². The maximum absolute atomic E-state index is 13.9. The molecule has 0 spiro atoms. The minimum atomic E-state index is -0.980. The quantitative estimate of drug-likeness (QED) is 0.866. The Kier molecular flexibility index (Phi) is 4.01. The van der Waals surface area contributed by atoms with Gasteiger partial charge in [0.2, 0.25) is 0 Å². The van der Waals surface area contributed by atoms with Crippen molar-refractivity contribution in [2.45, 2.75) is 25.2 Å². The second-order valence-corrected chi connectivity index (χ2v) is 4.41. The van der Waals surface area contributed by atoms with E-state index in [2.05, 4.69) is 5.32 Å². The van der Waals surface area contributed by atoms with Crippen LogP contribution in [-0.2, 0) is 9.53 Å². The van der Waals surface area contributed by atoms with Crippen LogP contribution in [0.5, 0.6) is 5.75 Å². The number of aliphatic carboxylic acids is 1. The third-order valence-electron chi connectivity index (χ3n) is 3.19. The molecular weight excluding hydrogens is 253 g/mol. The highest BCUT2D eigenvalue weighted by Gasteiger charge is 2.35. The molecular formula is C13H16FNO4. The van der Waals surface area contributed by atoms with E-state index in [0.717, 1.165) is 0 Å². The number of morpholine rings is 1. The lowest BCUT2D eigenvalue weighted by Crippen LogP contribution is -2.52. The molecule has 104 valence electrons. The van der Waals surface area contributed by atoms with E-state index in [1.165, 1.54) is 13.2 Å². The molecule has 1 aliphatic heterocycles. The summed E-state index contributed by atoms with van der Waals surface area (Å²) in [6, 6.07) is 3.75. The van der Waals surface area contributed by atoms with Gasteiger partial charge in [0.25, 0.3) is 0 Å². The normalized spacial score (nSPS) is 27.0. The number of carboxylic acid groups (broad SMARTS) is 1. The summed E-state index contributed by atoms with van der Waals surface area (Å²) in [5.41, 5.74) is 0.313. The summed E-state index contributed by atoms with van der Waals surface area (Å²) in [6.45, 7) is 1.86. The number of benzene rings is 1. The molecule has 1 aromatic carbocycles. The van der Waals surface area contributed by atoms with Gasteiger partial charge in [-0.1, -0.05) is 6.07 Å². The number of carbonyl (C=O) groups is 1. The fourth-order valence-corrected chi connectivity index (χ4v) is 2.25. The van der Waals surface area contributed by atoms with Crippen LogP contribution in [0.4, 0.5) is 4.39 Å². The smallest absolute Gasteiger partial charge is 0.323 e. The van der Waals surface area contributed by atoms with Crippen molar-refractivity contribution in [3.63, 3.8) is 0 Å². The van der Waals surface area contributed by atoms with E-state index in [9.17, 15) is 9.18 Å². The average molecular weight is 269 g/mol. The van der Waals surface area contributed by atoms with E-state index in [0.29, 0.717) is 11.3 Å². The fourth-order valence-electron chi connectivity index (χ4n) is 2.25. The molecule has 19 heavy (non-hydrogen) atoms. The van der Waals surface area contributed by atoms with Crippen LogP contribution in [0.15, 0.2) is 18.2 Å². The highest BCUT2D eigenvalue weighted by Crippen LogP contribution is 2.32. The van der Waals surface area contributed by atoms with Crippen molar-refractivity contribution in [1.82, 2.24) is 5.32 Å². The number of methoxy groups -OCH3 is 1. The summed E-state index contributed by atoms with van der Waals surface area (Å²) in [6.07, 6.45) is -1.12. The molecule has 0 aliphatic carbocycles. The Hall–Kier alpha value is -1.66.